The number of carbonyl (C=O) groups excluding carboxylic acids is 1. The Morgan fingerprint density at radius 1 is 1.55 bits per heavy atom. The Bertz CT molecular complexity index is 502. The Balaban J connectivity index is 2.23. The van der Waals surface area contributed by atoms with Crippen molar-refractivity contribution in [3.8, 4) is 0 Å². The van der Waals surface area contributed by atoms with Crippen molar-refractivity contribution in [1.29, 1.82) is 0 Å². The van der Waals surface area contributed by atoms with E-state index in [1.54, 1.807) is 13.2 Å². The molecule has 20 heavy (non-hydrogen) atoms. The number of aldehydes is 1. The molecule has 1 saturated heterocycles. The Kier molecular flexibility index (Phi) is 4.68. The van der Waals surface area contributed by atoms with Crippen molar-refractivity contribution in [1.82, 2.24) is 0 Å². The number of non-ortho nitro benzene ring substituents is 1. The number of hydrogen-bond donors (Lipinski definition) is 0. The summed E-state index contributed by atoms with van der Waals surface area (Å²) in [5, 5.41) is 10.8. The van der Waals surface area contributed by atoms with Gasteiger partial charge in [-0.15, -0.1) is 0 Å². The number of nitro groups is 1. The second-order valence-electron chi connectivity index (χ2n) is 5.03. The Labute approximate surface area is 117 Å². The first-order chi connectivity index (χ1) is 9.65. The van der Waals surface area contributed by atoms with Gasteiger partial charge in [0.25, 0.3) is 5.69 Å². The van der Waals surface area contributed by atoms with Gasteiger partial charge in [0.2, 0.25) is 0 Å². The Morgan fingerprint density at radius 2 is 2.35 bits per heavy atom. The number of ether oxygens (including phenoxy) is 1. The van der Waals surface area contributed by atoms with Crippen molar-refractivity contribution in [3.63, 3.8) is 0 Å². The van der Waals surface area contributed by atoms with Gasteiger partial charge in [0.1, 0.15) is 0 Å². The van der Waals surface area contributed by atoms with Crippen LogP contribution in [-0.4, -0.2) is 38.0 Å². The van der Waals surface area contributed by atoms with E-state index < -0.39 is 4.92 Å². The number of rotatable bonds is 5. The average Bonchev–Trinajstić information content (AvgIpc) is 2.47. The van der Waals surface area contributed by atoms with Crippen molar-refractivity contribution in [2.45, 2.75) is 12.8 Å². The maximum Gasteiger partial charge on any atom is 0.270 e. The van der Waals surface area contributed by atoms with E-state index in [4.69, 9.17) is 4.74 Å². The first kappa shape index (κ1) is 14.5. The molecule has 1 atom stereocenters. The first-order valence-corrected chi connectivity index (χ1v) is 6.63. The summed E-state index contributed by atoms with van der Waals surface area (Å²) in [5.41, 5.74) is 1.09. The first-order valence-electron chi connectivity index (χ1n) is 6.63. The van der Waals surface area contributed by atoms with E-state index >= 15 is 0 Å². The third-order valence-corrected chi connectivity index (χ3v) is 3.61. The van der Waals surface area contributed by atoms with Crippen molar-refractivity contribution in [3.05, 3.63) is 33.9 Å². The van der Waals surface area contributed by atoms with Gasteiger partial charge in [0.15, 0.2) is 6.29 Å². The summed E-state index contributed by atoms with van der Waals surface area (Å²) in [4.78, 5) is 23.6. The number of benzene rings is 1. The van der Waals surface area contributed by atoms with Crippen LogP contribution in [0.5, 0.6) is 0 Å². The highest BCUT2D eigenvalue weighted by Gasteiger charge is 2.22. The minimum atomic E-state index is -0.485. The lowest BCUT2D eigenvalue weighted by Gasteiger charge is -2.34. The van der Waals surface area contributed by atoms with Gasteiger partial charge in [-0.25, -0.2) is 0 Å². The molecule has 1 fully saturated rings. The molecular weight excluding hydrogens is 260 g/mol. The monoisotopic (exact) mass is 278 g/mol. The molecule has 0 saturated carbocycles. The van der Waals surface area contributed by atoms with Crippen LogP contribution >= 0.6 is 0 Å². The van der Waals surface area contributed by atoms with Gasteiger partial charge in [-0.2, -0.15) is 0 Å². The summed E-state index contributed by atoms with van der Waals surface area (Å²) in [5.74, 6) is 0.434. The van der Waals surface area contributed by atoms with Crippen LogP contribution in [0.3, 0.4) is 0 Å². The standard InChI is InChI=1S/C14H18N2O4/c1-20-10-11-3-2-6-15(8-11)14-5-4-13(16(18)19)7-12(14)9-17/h4-5,7,9,11H,2-3,6,8,10H2,1H3. The third kappa shape index (κ3) is 3.14. The van der Waals surface area contributed by atoms with Gasteiger partial charge in [-0.1, -0.05) is 0 Å². The normalized spacial score (nSPS) is 18.9. The molecule has 1 unspecified atom stereocenters. The molecule has 0 aliphatic carbocycles. The van der Waals surface area contributed by atoms with Crippen molar-refractivity contribution in [2.75, 3.05) is 31.7 Å². The topological polar surface area (TPSA) is 72.7 Å². The molecule has 0 radical (unpaired) electrons. The number of carbonyl (C=O) groups is 1. The Hall–Kier alpha value is -1.95. The van der Waals surface area contributed by atoms with Gasteiger partial charge >= 0.3 is 0 Å². The zero-order chi connectivity index (χ0) is 14.5. The lowest BCUT2D eigenvalue weighted by molar-refractivity contribution is -0.384. The molecule has 0 bridgehead atoms. The lowest BCUT2D eigenvalue weighted by atomic mass is 9.97. The largest absolute Gasteiger partial charge is 0.384 e. The molecule has 1 aliphatic rings. The summed E-state index contributed by atoms with van der Waals surface area (Å²) < 4.78 is 5.19. The SMILES string of the molecule is COCC1CCCN(c2ccc([N+](=O)[O-])cc2C=O)C1. The minimum absolute atomic E-state index is 0.0544. The highest BCUT2D eigenvalue weighted by Crippen LogP contribution is 2.28. The second-order valence-corrected chi connectivity index (χ2v) is 5.03. The Morgan fingerprint density at radius 3 is 3.00 bits per heavy atom. The quantitative estimate of drug-likeness (QED) is 0.469. The lowest BCUT2D eigenvalue weighted by Crippen LogP contribution is -2.37. The van der Waals surface area contributed by atoms with Crippen LogP contribution in [0.1, 0.15) is 23.2 Å². The van der Waals surface area contributed by atoms with Crippen LogP contribution < -0.4 is 4.90 Å². The van der Waals surface area contributed by atoms with E-state index in [0.29, 0.717) is 24.4 Å². The van der Waals surface area contributed by atoms with Crippen LogP contribution in [0.2, 0.25) is 0 Å². The molecule has 6 heteroatoms. The van der Waals surface area contributed by atoms with E-state index in [1.165, 1.54) is 12.1 Å². The fourth-order valence-electron chi connectivity index (χ4n) is 2.69. The smallest absolute Gasteiger partial charge is 0.270 e. The molecule has 1 heterocycles. The van der Waals surface area contributed by atoms with Crippen LogP contribution in [0, 0.1) is 16.0 Å². The van der Waals surface area contributed by atoms with Crippen molar-refractivity contribution < 1.29 is 14.5 Å². The number of anilines is 1. The number of nitro benzene ring substituents is 1. The molecule has 6 nitrogen and oxygen atoms in total. The van der Waals surface area contributed by atoms with Gasteiger partial charge in [0.05, 0.1) is 11.5 Å². The molecular formula is C14H18N2O4. The van der Waals surface area contributed by atoms with E-state index in [9.17, 15) is 14.9 Å². The van der Waals surface area contributed by atoms with Gasteiger partial charge in [-0.3, -0.25) is 14.9 Å². The summed E-state index contributed by atoms with van der Waals surface area (Å²) in [7, 11) is 1.68. The summed E-state index contributed by atoms with van der Waals surface area (Å²) in [6.45, 7) is 2.37. The summed E-state index contributed by atoms with van der Waals surface area (Å²) in [6, 6.07) is 4.45. The maximum atomic E-state index is 11.2. The molecule has 1 aliphatic heterocycles. The summed E-state index contributed by atoms with van der Waals surface area (Å²) in [6.07, 6.45) is 2.82. The average molecular weight is 278 g/mol. The van der Waals surface area contributed by atoms with Crippen LogP contribution in [0.15, 0.2) is 18.2 Å². The maximum absolute atomic E-state index is 11.2. The highest BCUT2D eigenvalue weighted by molar-refractivity contribution is 5.86. The fourth-order valence-corrected chi connectivity index (χ4v) is 2.69. The molecule has 108 valence electrons. The second kappa shape index (κ2) is 6.47. The molecule has 0 N–H and O–H groups in total. The fraction of sp³-hybridized carbons (Fsp3) is 0.500. The zero-order valence-corrected chi connectivity index (χ0v) is 11.4. The van der Waals surface area contributed by atoms with E-state index in [0.717, 1.165) is 31.6 Å². The van der Waals surface area contributed by atoms with Gasteiger partial charge < -0.3 is 9.64 Å². The van der Waals surface area contributed by atoms with Crippen LogP contribution in [0.25, 0.3) is 0 Å². The van der Waals surface area contributed by atoms with E-state index in [2.05, 4.69) is 4.90 Å². The molecule has 0 aromatic heterocycles. The molecule has 1 aromatic carbocycles. The predicted octanol–water partition coefficient (Wildman–Crippen LogP) is 2.27. The third-order valence-electron chi connectivity index (χ3n) is 3.61. The van der Waals surface area contributed by atoms with Crippen LogP contribution in [-0.2, 0) is 4.74 Å². The molecule has 0 spiro atoms. The predicted molar refractivity (Wildman–Crippen MR) is 75.3 cm³/mol. The van der Waals surface area contributed by atoms with Gasteiger partial charge in [0, 0.05) is 43.6 Å². The number of hydrogen-bond acceptors (Lipinski definition) is 5. The highest BCUT2D eigenvalue weighted by atomic mass is 16.6. The van der Waals surface area contributed by atoms with Crippen LogP contribution in [0.4, 0.5) is 11.4 Å². The van der Waals surface area contributed by atoms with Gasteiger partial charge in [-0.05, 0) is 24.8 Å². The summed E-state index contributed by atoms with van der Waals surface area (Å²) >= 11 is 0. The van der Waals surface area contributed by atoms with Crippen molar-refractivity contribution >= 4 is 17.7 Å². The number of piperidine rings is 1. The number of methoxy groups -OCH3 is 1. The zero-order valence-electron chi connectivity index (χ0n) is 11.4. The molecule has 1 aromatic rings. The molecule has 0 amide bonds. The number of nitrogens with zero attached hydrogens (tertiary/aromatic N) is 2. The molecule has 2 rings (SSSR count). The van der Waals surface area contributed by atoms with E-state index in [-0.39, 0.29) is 5.69 Å². The van der Waals surface area contributed by atoms with E-state index in [1.807, 2.05) is 0 Å². The minimum Gasteiger partial charge on any atom is -0.384 e. The van der Waals surface area contributed by atoms with Crippen molar-refractivity contribution in [2.24, 2.45) is 5.92 Å².